The van der Waals surface area contributed by atoms with Crippen LogP contribution in [0.2, 0.25) is 0 Å². The van der Waals surface area contributed by atoms with Gasteiger partial charge in [-0.2, -0.15) is 0 Å². The number of hydrogen-bond acceptors (Lipinski definition) is 3. The molecule has 0 N–H and O–H groups in total. The molecule has 0 unspecified atom stereocenters. The first kappa shape index (κ1) is 19.0. The molecule has 0 amide bonds. The SMILES string of the molecule is CCCCCOC(OCCCCC)c1ccc(N(C)C)cc1. The molecule has 0 atom stereocenters. The lowest BCUT2D eigenvalue weighted by atomic mass is 10.2. The average Bonchev–Trinajstić information content (AvgIpc) is 2.53. The Bertz CT molecular complexity index is 364. The number of benzene rings is 1. The van der Waals surface area contributed by atoms with E-state index in [0.717, 1.165) is 31.6 Å². The molecular formula is C19H33NO2. The summed E-state index contributed by atoms with van der Waals surface area (Å²) in [5, 5.41) is 0. The second-order valence-electron chi connectivity index (χ2n) is 5.97. The number of ether oxygens (including phenoxy) is 2. The van der Waals surface area contributed by atoms with Crippen LogP contribution in [-0.2, 0) is 9.47 Å². The smallest absolute Gasteiger partial charge is 0.183 e. The largest absolute Gasteiger partial charge is 0.378 e. The quantitative estimate of drug-likeness (QED) is 0.393. The predicted molar refractivity (Wildman–Crippen MR) is 94.5 cm³/mol. The summed E-state index contributed by atoms with van der Waals surface area (Å²) in [7, 11) is 4.10. The molecule has 0 aliphatic rings. The fourth-order valence-corrected chi connectivity index (χ4v) is 2.26. The molecular weight excluding hydrogens is 274 g/mol. The van der Waals surface area contributed by atoms with Crippen LogP contribution in [0.3, 0.4) is 0 Å². The van der Waals surface area contributed by atoms with Crippen molar-refractivity contribution in [1.29, 1.82) is 0 Å². The monoisotopic (exact) mass is 307 g/mol. The van der Waals surface area contributed by atoms with Crippen molar-refractivity contribution in [2.24, 2.45) is 0 Å². The molecule has 0 aromatic heterocycles. The molecule has 0 saturated carbocycles. The zero-order valence-corrected chi connectivity index (χ0v) is 14.8. The molecule has 0 aliphatic heterocycles. The maximum Gasteiger partial charge on any atom is 0.183 e. The van der Waals surface area contributed by atoms with Gasteiger partial charge in [0.05, 0.1) is 13.2 Å². The van der Waals surface area contributed by atoms with E-state index in [1.54, 1.807) is 0 Å². The minimum Gasteiger partial charge on any atom is -0.378 e. The molecule has 0 radical (unpaired) electrons. The average molecular weight is 307 g/mol. The minimum absolute atomic E-state index is 0.232. The van der Waals surface area contributed by atoms with Gasteiger partial charge in [0.25, 0.3) is 0 Å². The molecule has 22 heavy (non-hydrogen) atoms. The van der Waals surface area contributed by atoms with Crippen LogP contribution in [0, 0.1) is 0 Å². The summed E-state index contributed by atoms with van der Waals surface area (Å²) in [6.45, 7) is 5.95. The van der Waals surface area contributed by atoms with Crippen molar-refractivity contribution in [3.8, 4) is 0 Å². The van der Waals surface area contributed by atoms with Crippen molar-refractivity contribution < 1.29 is 9.47 Å². The van der Waals surface area contributed by atoms with Gasteiger partial charge in [-0.1, -0.05) is 51.7 Å². The van der Waals surface area contributed by atoms with Gasteiger partial charge in [-0.05, 0) is 25.0 Å². The standard InChI is InChI=1S/C19H33NO2/c1-5-7-9-15-21-19(22-16-10-8-6-2)17-11-13-18(14-12-17)20(3)4/h11-14,19H,5-10,15-16H2,1-4H3. The number of nitrogens with zero attached hydrogens (tertiary/aromatic N) is 1. The Morgan fingerprint density at radius 3 is 1.73 bits per heavy atom. The molecule has 0 spiro atoms. The van der Waals surface area contributed by atoms with Gasteiger partial charge in [0.2, 0.25) is 0 Å². The Morgan fingerprint density at radius 2 is 1.32 bits per heavy atom. The molecule has 3 heteroatoms. The highest BCUT2D eigenvalue weighted by atomic mass is 16.7. The van der Waals surface area contributed by atoms with E-state index in [2.05, 4.69) is 57.1 Å². The lowest BCUT2D eigenvalue weighted by molar-refractivity contribution is -0.148. The molecule has 0 bridgehead atoms. The summed E-state index contributed by atoms with van der Waals surface area (Å²) in [5.74, 6) is 0. The summed E-state index contributed by atoms with van der Waals surface area (Å²) in [5.41, 5.74) is 2.30. The molecule has 126 valence electrons. The first-order valence-electron chi connectivity index (χ1n) is 8.69. The van der Waals surface area contributed by atoms with Crippen LogP contribution >= 0.6 is 0 Å². The van der Waals surface area contributed by atoms with Crippen LogP contribution in [0.15, 0.2) is 24.3 Å². The van der Waals surface area contributed by atoms with E-state index >= 15 is 0 Å². The zero-order valence-electron chi connectivity index (χ0n) is 14.8. The molecule has 3 nitrogen and oxygen atoms in total. The summed E-state index contributed by atoms with van der Waals surface area (Å²) >= 11 is 0. The van der Waals surface area contributed by atoms with Crippen molar-refractivity contribution in [3.05, 3.63) is 29.8 Å². The molecule has 1 aromatic rings. The second kappa shape index (κ2) is 11.5. The second-order valence-corrected chi connectivity index (χ2v) is 5.97. The van der Waals surface area contributed by atoms with Gasteiger partial charge in [0.1, 0.15) is 0 Å². The highest BCUT2D eigenvalue weighted by Gasteiger charge is 2.12. The Morgan fingerprint density at radius 1 is 0.818 bits per heavy atom. The third-order valence-corrected chi connectivity index (χ3v) is 3.72. The first-order valence-corrected chi connectivity index (χ1v) is 8.69. The van der Waals surface area contributed by atoms with E-state index in [0.29, 0.717) is 0 Å². The van der Waals surface area contributed by atoms with Crippen molar-refractivity contribution in [3.63, 3.8) is 0 Å². The van der Waals surface area contributed by atoms with E-state index in [4.69, 9.17) is 9.47 Å². The number of rotatable bonds is 12. The van der Waals surface area contributed by atoms with Gasteiger partial charge < -0.3 is 14.4 Å². The normalized spacial score (nSPS) is 11.1. The summed E-state index contributed by atoms with van der Waals surface area (Å²) in [4.78, 5) is 2.10. The van der Waals surface area contributed by atoms with Gasteiger partial charge >= 0.3 is 0 Å². The minimum atomic E-state index is -0.232. The van der Waals surface area contributed by atoms with E-state index in [1.807, 2.05) is 0 Å². The van der Waals surface area contributed by atoms with Gasteiger partial charge in [0, 0.05) is 25.3 Å². The third kappa shape index (κ3) is 7.28. The highest BCUT2D eigenvalue weighted by molar-refractivity contribution is 5.46. The van der Waals surface area contributed by atoms with Gasteiger partial charge in [-0.15, -0.1) is 0 Å². The summed E-state index contributed by atoms with van der Waals surface area (Å²) in [6, 6.07) is 8.46. The molecule has 0 fully saturated rings. The van der Waals surface area contributed by atoms with Crippen LogP contribution < -0.4 is 4.90 Å². The number of hydrogen-bond donors (Lipinski definition) is 0. The molecule has 0 aliphatic carbocycles. The van der Waals surface area contributed by atoms with Crippen LogP contribution in [0.4, 0.5) is 5.69 Å². The van der Waals surface area contributed by atoms with Crippen LogP contribution in [0.25, 0.3) is 0 Å². The van der Waals surface area contributed by atoms with Crippen molar-refractivity contribution in [1.82, 2.24) is 0 Å². The zero-order chi connectivity index (χ0) is 16.2. The Kier molecular flexibility index (Phi) is 9.93. The van der Waals surface area contributed by atoms with Crippen LogP contribution in [-0.4, -0.2) is 27.3 Å². The fourth-order valence-electron chi connectivity index (χ4n) is 2.26. The molecule has 1 rings (SSSR count). The third-order valence-electron chi connectivity index (χ3n) is 3.72. The predicted octanol–water partition coefficient (Wildman–Crippen LogP) is 5.16. The van der Waals surface area contributed by atoms with Crippen molar-refractivity contribution >= 4 is 5.69 Å². The summed E-state index contributed by atoms with van der Waals surface area (Å²) < 4.78 is 11.9. The number of unbranched alkanes of at least 4 members (excludes halogenated alkanes) is 4. The van der Waals surface area contributed by atoms with E-state index in [9.17, 15) is 0 Å². The topological polar surface area (TPSA) is 21.7 Å². The Balaban J connectivity index is 2.57. The van der Waals surface area contributed by atoms with E-state index in [-0.39, 0.29) is 6.29 Å². The van der Waals surface area contributed by atoms with Gasteiger partial charge in [-0.25, -0.2) is 0 Å². The van der Waals surface area contributed by atoms with Crippen LogP contribution in [0.5, 0.6) is 0 Å². The lowest BCUT2D eigenvalue weighted by Gasteiger charge is -2.20. The molecule has 0 saturated heterocycles. The maximum absolute atomic E-state index is 5.97. The molecule has 0 heterocycles. The molecule has 1 aromatic carbocycles. The van der Waals surface area contributed by atoms with Gasteiger partial charge in [-0.3, -0.25) is 0 Å². The van der Waals surface area contributed by atoms with Gasteiger partial charge in [0.15, 0.2) is 6.29 Å². The van der Waals surface area contributed by atoms with E-state index in [1.165, 1.54) is 31.4 Å². The Hall–Kier alpha value is -1.06. The van der Waals surface area contributed by atoms with E-state index < -0.39 is 0 Å². The first-order chi connectivity index (χ1) is 10.7. The van der Waals surface area contributed by atoms with Crippen molar-refractivity contribution in [2.45, 2.75) is 58.7 Å². The highest BCUT2D eigenvalue weighted by Crippen LogP contribution is 2.23. The summed E-state index contributed by atoms with van der Waals surface area (Å²) in [6.07, 6.45) is 6.81. The van der Waals surface area contributed by atoms with Crippen molar-refractivity contribution in [2.75, 3.05) is 32.2 Å². The lowest BCUT2D eigenvalue weighted by Crippen LogP contribution is -2.12. The number of anilines is 1. The Labute approximate surface area is 136 Å². The maximum atomic E-state index is 5.97. The fraction of sp³-hybridized carbons (Fsp3) is 0.684. The van der Waals surface area contributed by atoms with Crippen LogP contribution in [0.1, 0.15) is 64.2 Å².